The van der Waals surface area contributed by atoms with Crippen LogP contribution in [-0.2, 0) is 13.6 Å². The molecule has 0 aliphatic heterocycles. The average Bonchev–Trinajstić information content (AvgIpc) is 2.59. The van der Waals surface area contributed by atoms with E-state index in [1.54, 1.807) is 0 Å². The number of unbranched alkanes of at least 4 members (excludes halogenated alkanes) is 1. The number of nitrogens with zero attached hydrogens (tertiary/aromatic N) is 3. The van der Waals surface area contributed by atoms with Crippen LogP contribution in [0.1, 0.15) is 32.0 Å². The van der Waals surface area contributed by atoms with Crippen LogP contribution in [0.15, 0.2) is 12.4 Å². The predicted octanol–water partition coefficient (Wildman–Crippen LogP) is 1.40. The van der Waals surface area contributed by atoms with Crippen molar-refractivity contribution in [2.45, 2.75) is 38.8 Å². The zero-order valence-corrected chi connectivity index (χ0v) is 10.6. The molecule has 0 saturated heterocycles. The van der Waals surface area contributed by atoms with Crippen molar-refractivity contribution in [1.82, 2.24) is 14.5 Å². The van der Waals surface area contributed by atoms with Crippen molar-refractivity contribution >= 4 is 0 Å². The second-order valence-corrected chi connectivity index (χ2v) is 4.54. The first-order valence-corrected chi connectivity index (χ1v) is 5.92. The van der Waals surface area contributed by atoms with Gasteiger partial charge in [0.2, 0.25) is 0 Å². The van der Waals surface area contributed by atoms with Gasteiger partial charge in [-0.1, -0.05) is 0 Å². The zero-order valence-electron chi connectivity index (χ0n) is 10.6. The van der Waals surface area contributed by atoms with Gasteiger partial charge in [0.1, 0.15) is 5.82 Å². The van der Waals surface area contributed by atoms with Crippen molar-refractivity contribution < 1.29 is 5.11 Å². The minimum Gasteiger partial charge on any atom is -0.393 e. The van der Waals surface area contributed by atoms with Gasteiger partial charge < -0.3 is 9.67 Å². The smallest absolute Gasteiger partial charge is 0.122 e. The summed E-state index contributed by atoms with van der Waals surface area (Å²) < 4.78 is 2.05. The highest BCUT2D eigenvalue weighted by molar-refractivity contribution is 4.90. The van der Waals surface area contributed by atoms with E-state index in [1.807, 2.05) is 30.9 Å². The van der Waals surface area contributed by atoms with Crippen molar-refractivity contribution in [2.75, 3.05) is 13.6 Å². The lowest BCUT2D eigenvalue weighted by molar-refractivity contribution is 0.178. The Morgan fingerprint density at radius 3 is 2.81 bits per heavy atom. The molecule has 1 atom stereocenters. The first kappa shape index (κ1) is 13.2. The molecule has 1 N–H and O–H groups in total. The number of aliphatic hydroxyl groups excluding tert-OH is 1. The fraction of sp³-hybridized carbons (Fsp3) is 0.750. The Morgan fingerprint density at radius 2 is 2.25 bits per heavy atom. The summed E-state index contributed by atoms with van der Waals surface area (Å²) in [5.74, 6) is 1.10. The van der Waals surface area contributed by atoms with Gasteiger partial charge in [-0.2, -0.15) is 0 Å². The summed E-state index contributed by atoms with van der Waals surface area (Å²) >= 11 is 0. The first-order valence-electron chi connectivity index (χ1n) is 5.92. The van der Waals surface area contributed by atoms with Crippen LogP contribution in [0.4, 0.5) is 0 Å². The summed E-state index contributed by atoms with van der Waals surface area (Å²) in [5, 5.41) is 9.13. The molecular formula is C12H23N3O. The molecule has 0 radical (unpaired) electrons. The van der Waals surface area contributed by atoms with E-state index in [1.165, 1.54) is 0 Å². The summed E-state index contributed by atoms with van der Waals surface area (Å²) in [6.45, 7) is 3.79. The first-order chi connectivity index (χ1) is 7.59. The predicted molar refractivity (Wildman–Crippen MR) is 65.1 cm³/mol. The lowest BCUT2D eigenvalue weighted by Gasteiger charge is -2.16. The molecule has 4 nitrogen and oxygen atoms in total. The van der Waals surface area contributed by atoms with Crippen molar-refractivity contribution in [3.8, 4) is 0 Å². The summed E-state index contributed by atoms with van der Waals surface area (Å²) in [5.41, 5.74) is 0. The SMILES string of the molecule is CC(O)CCCCN(C)Cc1nccn1C. The number of aliphatic hydroxyl groups is 1. The molecule has 1 rings (SSSR count). The number of imidazole rings is 1. The van der Waals surface area contributed by atoms with Gasteiger partial charge in [-0.05, 0) is 39.8 Å². The molecule has 92 valence electrons. The largest absolute Gasteiger partial charge is 0.393 e. The normalized spacial score (nSPS) is 13.3. The van der Waals surface area contributed by atoms with Gasteiger partial charge in [-0.15, -0.1) is 0 Å². The van der Waals surface area contributed by atoms with Crippen LogP contribution in [0, 0.1) is 0 Å². The maximum Gasteiger partial charge on any atom is 0.122 e. The third-order valence-electron chi connectivity index (χ3n) is 2.74. The Bertz CT molecular complexity index is 296. The molecule has 4 heteroatoms. The van der Waals surface area contributed by atoms with Crippen molar-refractivity contribution in [3.05, 3.63) is 18.2 Å². The molecule has 16 heavy (non-hydrogen) atoms. The minimum atomic E-state index is -0.167. The summed E-state index contributed by atoms with van der Waals surface area (Å²) in [4.78, 5) is 6.56. The molecular weight excluding hydrogens is 202 g/mol. The molecule has 0 amide bonds. The molecule has 0 aromatic carbocycles. The van der Waals surface area contributed by atoms with Gasteiger partial charge in [0.15, 0.2) is 0 Å². The van der Waals surface area contributed by atoms with E-state index in [0.717, 1.165) is 38.2 Å². The van der Waals surface area contributed by atoms with Crippen molar-refractivity contribution in [1.29, 1.82) is 0 Å². The van der Waals surface area contributed by atoms with Crippen molar-refractivity contribution in [2.24, 2.45) is 7.05 Å². The van der Waals surface area contributed by atoms with Gasteiger partial charge in [0, 0.05) is 19.4 Å². The molecule has 1 aromatic heterocycles. The highest BCUT2D eigenvalue weighted by atomic mass is 16.3. The van der Waals surface area contributed by atoms with Crippen LogP contribution >= 0.6 is 0 Å². The lowest BCUT2D eigenvalue weighted by atomic mass is 10.2. The molecule has 0 aliphatic rings. The van der Waals surface area contributed by atoms with Crippen LogP contribution in [0.5, 0.6) is 0 Å². The minimum absolute atomic E-state index is 0.167. The Morgan fingerprint density at radius 1 is 1.50 bits per heavy atom. The fourth-order valence-electron chi connectivity index (χ4n) is 1.69. The van der Waals surface area contributed by atoms with Crippen LogP contribution < -0.4 is 0 Å². The van der Waals surface area contributed by atoms with E-state index in [2.05, 4.69) is 16.9 Å². The summed E-state index contributed by atoms with van der Waals surface area (Å²) in [6.07, 6.45) is 6.75. The lowest BCUT2D eigenvalue weighted by Crippen LogP contribution is -2.21. The Labute approximate surface area is 97.9 Å². The Balaban J connectivity index is 2.16. The van der Waals surface area contributed by atoms with Crippen molar-refractivity contribution in [3.63, 3.8) is 0 Å². The van der Waals surface area contributed by atoms with E-state index in [0.29, 0.717) is 0 Å². The van der Waals surface area contributed by atoms with Gasteiger partial charge >= 0.3 is 0 Å². The monoisotopic (exact) mass is 225 g/mol. The summed E-state index contributed by atoms with van der Waals surface area (Å²) in [6, 6.07) is 0. The molecule has 1 heterocycles. The molecule has 0 bridgehead atoms. The van der Waals surface area contributed by atoms with E-state index < -0.39 is 0 Å². The number of aromatic nitrogens is 2. The summed E-state index contributed by atoms with van der Waals surface area (Å²) in [7, 11) is 4.13. The second-order valence-electron chi connectivity index (χ2n) is 4.54. The zero-order chi connectivity index (χ0) is 12.0. The molecule has 1 unspecified atom stereocenters. The molecule has 0 fully saturated rings. The Kier molecular flexibility index (Phi) is 5.49. The average molecular weight is 225 g/mol. The van der Waals surface area contributed by atoms with Gasteiger partial charge in [-0.3, -0.25) is 4.90 Å². The number of hydrogen-bond acceptors (Lipinski definition) is 3. The van der Waals surface area contributed by atoms with Gasteiger partial charge in [0.05, 0.1) is 12.6 Å². The number of aryl methyl sites for hydroxylation is 1. The molecule has 0 saturated carbocycles. The van der Waals surface area contributed by atoms with Crippen LogP contribution in [0.25, 0.3) is 0 Å². The topological polar surface area (TPSA) is 41.3 Å². The van der Waals surface area contributed by atoms with Crippen LogP contribution in [-0.4, -0.2) is 39.3 Å². The maximum atomic E-state index is 9.13. The fourth-order valence-corrected chi connectivity index (χ4v) is 1.69. The molecule has 0 spiro atoms. The van der Waals surface area contributed by atoms with E-state index in [9.17, 15) is 0 Å². The third kappa shape index (κ3) is 4.77. The van der Waals surface area contributed by atoms with E-state index in [-0.39, 0.29) is 6.10 Å². The molecule has 0 aliphatic carbocycles. The maximum absolute atomic E-state index is 9.13. The van der Waals surface area contributed by atoms with Crippen LogP contribution in [0.2, 0.25) is 0 Å². The van der Waals surface area contributed by atoms with E-state index in [4.69, 9.17) is 5.11 Å². The van der Waals surface area contributed by atoms with E-state index >= 15 is 0 Å². The highest BCUT2D eigenvalue weighted by Gasteiger charge is 2.04. The Hall–Kier alpha value is -0.870. The highest BCUT2D eigenvalue weighted by Crippen LogP contribution is 2.04. The van der Waals surface area contributed by atoms with Crippen LogP contribution in [0.3, 0.4) is 0 Å². The third-order valence-corrected chi connectivity index (χ3v) is 2.74. The number of rotatable bonds is 7. The quantitative estimate of drug-likeness (QED) is 0.713. The van der Waals surface area contributed by atoms with Gasteiger partial charge in [0.25, 0.3) is 0 Å². The second kappa shape index (κ2) is 6.66. The molecule has 1 aromatic rings. The number of hydrogen-bond donors (Lipinski definition) is 1. The standard InChI is InChI=1S/C12H23N3O/c1-11(16)6-4-5-8-14(2)10-12-13-7-9-15(12)3/h7,9,11,16H,4-6,8,10H2,1-3H3. The van der Waals surface area contributed by atoms with Gasteiger partial charge in [-0.25, -0.2) is 4.98 Å².